The van der Waals surface area contributed by atoms with Gasteiger partial charge in [0.2, 0.25) is 0 Å². The molecule has 0 aromatic carbocycles. The summed E-state index contributed by atoms with van der Waals surface area (Å²) >= 11 is 0. The number of hydrogen-bond acceptors (Lipinski definition) is 4. The van der Waals surface area contributed by atoms with Gasteiger partial charge in [0, 0.05) is 17.7 Å². The molecule has 1 N–H and O–H groups in total. The van der Waals surface area contributed by atoms with Crippen molar-refractivity contribution in [3.05, 3.63) is 23.5 Å². The number of carbonyl (C=O) groups is 2. The summed E-state index contributed by atoms with van der Waals surface area (Å²) in [5.41, 5.74) is 0.335. The molecular weight excluding hydrogens is 148 g/mol. The highest BCUT2D eigenvalue weighted by Crippen LogP contribution is 2.17. The van der Waals surface area contributed by atoms with Gasteiger partial charge >= 0.3 is 5.97 Å². The van der Waals surface area contributed by atoms with Crippen LogP contribution in [0.2, 0.25) is 0 Å². The van der Waals surface area contributed by atoms with Crippen molar-refractivity contribution in [1.82, 2.24) is 0 Å². The van der Waals surface area contributed by atoms with Gasteiger partial charge in [-0.1, -0.05) is 0 Å². The molecule has 0 fully saturated rings. The van der Waals surface area contributed by atoms with E-state index in [9.17, 15) is 9.59 Å². The first-order valence-corrected chi connectivity index (χ1v) is 2.97. The lowest BCUT2D eigenvalue weighted by molar-refractivity contribution is -0.132. The van der Waals surface area contributed by atoms with Crippen LogP contribution in [0.3, 0.4) is 0 Å². The van der Waals surface area contributed by atoms with Gasteiger partial charge in [0.1, 0.15) is 12.0 Å². The first-order valence-electron chi connectivity index (χ1n) is 2.97. The maximum Gasteiger partial charge on any atom is 0.336 e. The fourth-order valence-electron chi connectivity index (χ4n) is 0.743. The molecule has 4 heteroatoms. The monoisotopic (exact) mass is 154 g/mol. The summed E-state index contributed by atoms with van der Waals surface area (Å²) in [7, 11) is 0. The molecule has 0 atom stereocenters. The zero-order valence-corrected chi connectivity index (χ0v) is 5.61. The summed E-state index contributed by atoms with van der Waals surface area (Å²) in [6.07, 6.45) is 2.74. The molecule has 0 aliphatic carbocycles. The van der Waals surface area contributed by atoms with Crippen LogP contribution in [-0.4, -0.2) is 24.0 Å². The Balaban J connectivity index is 2.87. The van der Waals surface area contributed by atoms with Gasteiger partial charge in [-0.2, -0.15) is 0 Å². The fourth-order valence-corrected chi connectivity index (χ4v) is 0.743. The van der Waals surface area contributed by atoms with Crippen LogP contribution in [0.1, 0.15) is 0 Å². The number of carbonyl (C=O) groups excluding carboxylic acids is 2. The van der Waals surface area contributed by atoms with Gasteiger partial charge in [-0.05, 0) is 0 Å². The number of hydrogen-bond donors (Lipinski definition) is 1. The van der Waals surface area contributed by atoms with E-state index in [-0.39, 0.29) is 12.4 Å². The Morgan fingerprint density at radius 3 is 2.91 bits per heavy atom. The van der Waals surface area contributed by atoms with Crippen molar-refractivity contribution in [3.8, 4) is 0 Å². The molecule has 0 saturated carbocycles. The minimum Gasteiger partial charge on any atom is -0.423 e. The van der Waals surface area contributed by atoms with E-state index in [1.54, 1.807) is 0 Å². The molecule has 0 unspecified atom stereocenters. The first-order chi connectivity index (χ1) is 5.27. The summed E-state index contributed by atoms with van der Waals surface area (Å²) in [5.74, 6) is -0.422. The first kappa shape index (κ1) is 7.68. The SMILES string of the molecule is O=C/C=C1/OC(=O)C=C1CO. The Morgan fingerprint density at radius 1 is 1.64 bits per heavy atom. The molecular formula is C7H6O4. The second kappa shape index (κ2) is 3.12. The van der Waals surface area contributed by atoms with Crippen LogP contribution >= 0.6 is 0 Å². The molecule has 58 valence electrons. The van der Waals surface area contributed by atoms with Gasteiger partial charge < -0.3 is 9.84 Å². The predicted octanol–water partition coefficient (Wildman–Crippen LogP) is -0.455. The summed E-state index contributed by atoms with van der Waals surface area (Å²) in [6, 6.07) is 0. The number of rotatable bonds is 2. The zero-order valence-electron chi connectivity index (χ0n) is 5.61. The molecule has 0 spiro atoms. The Hall–Kier alpha value is -1.42. The highest BCUT2D eigenvalue weighted by Gasteiger charge is 2.18. The highest BCUT2D eigenvalue weighted by molar-refractivity contribution is 5.89. The topological polar surface area (TPSA) is 63.6 Å². The van der Waals surface area contributed by atoms with E-state index < -0.39 is 5.97 Å². The van der Waals surface area contributed by atoms with Crippen LogP contribution < -0.4 is 0 Å². The Kier molecular flexibility index (Phi) is 2.18. The van der Waals surface area contributed by atoms with Gasteiger partial charge in [0.05, 0.1) is 6.61 Å². The van der Waals surface area contributed by atoms with Crippen molar-refractivity contribution in [3.63, 3.8) is 0 Å². The van der Waals surface area contributed by atoms with Crippen molar-refractivity contribution in [1.29, 1.82) is 0 Å². The number of aliphatic hydroxyl groups is 1. The molecule has 0 aromatic rings. The Morgan fingerprint density at radius 2 is 2.36 bits per heavy atom. The zero-order chi connectivity index (χ0) is 8.27. The lowest BCUT2D eigenvalue weighted by atomic mass is 10.2. The van der Waals surface area contributed by atoms with Crippen LogP contribution in [-0.2, 0) is 14.3 Å². The van der Waals surface area contributed by atoms with E-state index >= 15 is 0 Å². The van der Waals surface area contributed by atoms with E-state index in [4.69, 9.17) is 5.11 Å². The van der Waals surface area contributed by atoms with Crippen molar-refractivity contribution in [2.24, 2.45) is 0 Å². The lowest BCUT2D eigenvalue weighted by Crippen LogP contribution is -1.93. The van der Waals surface area contributed by atoms with Crippen LogP contribution in [0.4, 0.5) is 0 Å². The molecule has 4 nitrogen and oxygen atoms in total. The van der Waals surface area contributed by atoms with Gasteiger partial charge in [0.15, 0.2) is 0 Å². The molecule has 0 aromatic heterocycles. The lowest BCUT2D eigenvalue weighted by Gasteiger charge is -1.96. The number of aliphatic hydroxyl groups excluding tert-OH is 1. The smallest absolute Gasteiger partial charge is 0.336 e. The Labute approximate surface area is 62.8 Å². The van der Waals surface area contributed by atoms with Gasteiger partial charge in [-0.3, -0.25) is 4.79 Å². The number of aldehydes is 1. The van der Waals surface area contributed by atoms with Crippen LogP contribution in [0.5, 0.6) is 0 Å². The number of allylic oxidation sites excluding steroid dienone is 1. The molecule has 1 aliphatic heterocycles. The third-order valence-corrected chi connectivity index (χ3v) is 1.21. The third-order valence-electron chi connectivity index (χ3n) is 1.21. The quantitative estimate of drug-likeness (QED) is 0.332. The molecule has 1 aliphatic rings. The summed E-state index contributed by atoms with van der Waals surface area (Å²) in [4.78, 5) is 20.5. The maximum absolute atomic E-state index is 10.5. The molecule has 0 radical (unpaired) electrons. The summed E-state index contributed by atoms with van der Waals surface area (Å²) in [5, 5.41) is 8.62. The van der Waals surface area contributed by atoms with Crippen molar-refractivity contribution in [2.75, 3.05) is 6.61 Å². The van der Waals surface area contributed by atoms with Gasteiger partial charge in [0.25, 0.3) is 0 Å². The average molecular weight is 154 g/mol. The average Bonchev–Trinajstić information content (AvgIpc) is 2.32. The van der Waals surface area contributed by atoms with Gasteiger partial charge in [-0.25, -0.2) is 4.79 Å². The second-order valence-electron chi connectivity index (χ2n) is 1.92. The molecule has 0 amide bonds. The van der Waals surface area contributed by atoms with E-state index in [2.05, 4.69) is 4.74 Å². The van der Waals surface area contributed by atoms with E-state index in [1.807, 2.05) is 0 Å². The molecule has 0 saturated heterocycles. The van der Waals surface area contributed by atoms with E-state index in [0.29, 0.717) is 11.9 Å². The Bertz CT molecular complexity index is 249. The molecule has 1 heterocycles. The number of ether oxygens (including phenoxy) is 1. The van der Waals surface area contributed by atoms with Crippen molar-refractivity contribution < 1.29 is 19.4 Å². The largest absolute Gasteiger partial charge is 0.423 e. The minimum atomic E-state index is -0.554. The second-order valence-corrected chi connectivity index (χ2v) is 1.92. The molecule has 0 bridgehead atoms. The third kappa shape index (κ3) is 1.53. The van der Waals surface area contributed by atoms with Gasteiger partial charge in [-0.15, -0.1) is 0 Å². The van der Waals surface area contributed by atoms with Crippen molar-refractivity contribution >= 4 is 12.3 Å². The maximum atomic E-state index is 10.5. The molecule has 1 rings (SSSR count). The van der Waals surface area contributed by atoms with Crippen LogP contribution in [0.25, 0.3) is 0 Å². The van der Waals surface area contributed by atoms with Crippen LogP contribution in [0, 0.1) is 0 Å². The minimum absolute atomic E-state index is 0.132. The summed E-state index contributed by atoms with van der Waals surface area (Å²) in [6.45, 7) is -0.300. The highest BCUT2D eigenvalue weighted by atomic mass is 16.5. The predicted molar refractivity (Wildman–Crippen MR) is 35.4 cm³/mol. The normalized spacial score (nSPS) is 19.9. The fraction of sp³-hybridized carbons (Fsp3) is 0.143. The van der Waals surface area contributed by atoms with E-state index in [0.717, 1.165) is 12.2 Å². The number of cyclic esters (lactones) is 1. The van der Waals surface area contributed by atoms with Crippen molar-refractivity contribution in [2.45, 2.75) is 0 Å². The standard InChI is InChI=1S/C7H6O4/c8-2-1-6-5(4-9)3-7(10)11-6/h1-3,9H,4H2/b6-1+. The number of esters is 1. The van der Waals surface area contributed by atoms with Crippen LogP contribution in [0.15, 0.2) is 23.5 Å². The summed E-state index contributed by atoms with van der Waals surface area (Å²) < 4.78 is 4.54. The van der Waals surface area contributed by atoms with E-state index in [1.165, 1.54) is 0 Å². The molecule has 11 heavy (non-hydrogen) atoms.